The SMILES string of the molecule is CCOC(=O)c1cc(=O)nc2sc(C)c(-c3ccccc3)n12. The van der Waals surface area contributed by atoms with Gasteiger partial charge in [0.2, 0.25) is 0 Å². The number of hydrogen-bond donors (Lipinski definition) is 0. The number of carbonyl (C=O) groups excluding carboxylic acids is 1. The summed E-state index contributed by atoms with van der Waals surface area (Å²) in [5.74, 6) is -0.521. The summed E-state index contributed by atoms with van der Waals surface area (Å²) >= 11 is 1.38. The van der Waals surface area contributed by atoms with Gasteiger partial charge < -0.3 is 4.74 Å². The molecule has 0 N–H and O–H groups in total. The van der Waals surface area contributed by atoms with Crippen LogP contribution in [0.25, 0.3) is 16.2 Å². The van der Waals surface area contributed by atoms with E-state index in [1.807, 2.05) is 37.3 Å². The fourth-order valence-corrected chi connectivity index (χ4v) is 3.37. The van der Waals surface area contributed by atoms with Gasteiger partial charge in [-0.25, -0.2) is 4.79 Å². The molecule has 5 nitrogen and oxygen atoms in total. The van der Waals surface area contributed by atoms with Crippen LogP contribution in [-0.2, 0) is 4.74 Å². The van der Waals surface area contributed by atoms with E-state index in [4.69, 9.17) is 4.74 Å². The molecule has 0 saturated carbocycles. The van der Waals surface area contributed by atoms with Gasteiger partial charge in [-0.05, 0) is 19.4 Å². The van der Waals surface area contributed by atoms with Gasteiger partial charge in [0.05, 0.1) is 12.3 Å². The van der Waals surface area contributed by atoms with Crippen molar-refractivity contribution in [3.05, 3.63) is 57.3 Å². The molecule has 0 spiro atoms. The summed E-state index contributed by atoms with van der Waals surface area (Å²) in [4.78, 5) is 29.4. The van der Waals surface area contributed by atoms with Gasteiger partial charge in [0.25, 0.3) is 5.56 Å². The molecular formula is C16H14N2O3S. The lowest BCUT2D eigenvalue weighted by molar-refractivity contribution is 0.0517. The summed E-state index contributed by atoms with van der Waals surface area (Å²) in [6.45, 7) is 3.93. The Kier molecular flexibility index (Phi) is 3.77. The highest BCUT2D eigenvalue weighted by molar-refractivity contribution is 7.17. The van der Waals surface area contributed by atoms with Gasteiger partial charge >= 0.3 is 5.97 Å². The lowest BCUT2D eigenvalue weighted by atomic mass is 10.1. The Morgan fingerprint density at radius 2 is 2.05 bits per heavy atom. The van der Waals surface area contributed by atoms with Crippen molar-refractivity contribution in [2.24, 2.45) is 0 Å². The van der Waals surface area contributed by atoms with Crippen LogP contribution in [0.1, 0.15) is 22.3 Å². The molecule has 112 valence electrons. The lowest BCUT2D eigenvalue weighted by Gasteiger charge is -2.08. The van der Waals surface area contributed by atoms with Crippen LogP contribution >= 0.6 is 11.3 Å². The molecule has 0 saturated heterocycles. The topological polar surface area (TPSA) is 60.7 Å². The minimum atomic E-state index is -0.521. The van der Waals surface area contributed by atoms with Crippen LogP contribution in [0.4, 0.5) is 0 Å². The predicted octanol–water partition coefficient (Wildman–Crippen LogP) is 2.91. The van der Waals surface area contributed by atoms with Crippen molar-refractivity contribution in [2.45, 2.75) is 13.8 Å². The van der Waals surface area contributed by atoms with E-state index < -0.39 is 11.5 Å². The average molecular weight is 314 g/mol. The van der Waals surface area contributed by atoms with Gasteiger partial charge in [-0.2, -0.15) is 4.98 Å². The van der Waals surface area contributed by atoms with Crippen molar-refractivity contribution in [2.75, 3.05) is 6.61 Å². The number of carbonyl (C=O) groups is 1. The molecule has 3 rings (SSSR count). The maximum absolute atomic E-state index is 12.2. The van der Waals surface area contributed by atoms with E-state index in [9.17, 15) is 9.59 Å². The smallest absolute Gasteiger partial charge is 0.355 e. The summed E-state index contributed by atoms with van der Waals surface area (Å²) in [7, 11) is 0. The zero-order chi connectivity index (χ0) is 15.7. The molecular weight excluding hydrogens is 300 g/mol. The van der Waals surface area contributed by atoms with Gasteiger partial charge in [0.1, 0.15) is 5.69 Å². The van der Waals surface area contributed by atoms with E-state index in [0.29, 0.717) is 4.96 Å². The second-order valence-electron chi connectivity index (χ2n) is 4.69. The maximum Gasteiger partial charge on any atom is 0.355 e. The summed E-state index contributed by atoms with van der Waals surface area (Å²) in [6, 6.07) is 10.9. The molecule has 0 fully saturated rings. The molecule has 0 amide bonds. The zero-order valence-electron chi connectivity index (χ0n) is 12.2. The van der Waals surface area contributed by atoms with Crippen molar-refractivity contribution in [1.82, 2.24) is 9.38 Å². The second-order valence-corrected chi connectivity index (χ2v) is 5.87. The molecule has 2 aromatic heterocycles. The third-order valence-electron chi connectivity index (χ3n) is 3.23. The first-order valence-electron chi connectivity index (χ1n) is 6.87. The number of rotatable bonds is 3. The molecule has 0 unspecified atom stereocenters. The summed E-state index contributed by atoms with van der Waals surface area (Å²) in [5.41, 5.74) is 1.59. The first-order chi connectivity index (χ1) is 10.6. The largest absolute Gasteiger partial charge is 0.461 e. The molecule has 0 atom stereocenters. The number of ether oxygens (including phenoxy) is 1. The quantitative estimate of drug-likeness (QED) is 0.697. The second kappa shape index (κ2) is 5.73. The lowest BCUT2D eigenvalue weighted by Crippen LogP contribution is -2.17. The molecule has 1 aromatic carbocycles. The van der Waals surface area contributed by atoms with Crippen molar-refractivity contribution in [3.8, 4) is 11.3 Å². The van der Waals surface area contributed by atoms with Crippen molar-refractivity contribution in [3.63, 3.8) is 0 Å². The Morgan fingerprint density at radius 1 is 1.32 bits per heavy atom. The van der Waals surface area contributed by atoms with E-state index in [1.165, 1.54) is 17.4 Å². The van der Waals surface area contributed by atoms with Gasteiger partial charge in [-0.15, -0.1) is 11.3 Å². The molecule has 0 bridgehead atoms. The van der Waals surface area contributed by atoms with E-state index in [-0.39, 0.29) is 12.3 Å². The Bertz CT molecular complexity index is 897. The van der Waals surface area contributed by atoms with Crippen LogP contribution < -0.4 is 5.56 Å². The Hall–Kier alpha value is -2.47. The average Bonchev–Trinajstić information content (AvgIpc) is 2.83. The number of aromatic nitrogens is 2. The maximum atomic E-state index is 12.2. The number of benzene rings is 1. The van der Waals surface area contributed by atoms with Crippen molar-refractivity contribution >= 4 is 22.3 Å². The van der Waals surface area contributed by atoms with Crippen molar-refractivity contribution < 1.29 is 9.53 Å². The minimum Gasteiger partial charge on any atom is -0.461 e. The first-order valence-corrected chi connectivity index (χ1v) is 7.69. The van der Waals surface area contributed by atoms with Crippen LogP contribution in [0.2, 0.25) is 0 Å². The summed E-state index contributed by atoms with van der Waals surface area (Å²) in [6.07, 6.45) is 0. The van der Waals surface area contributed by atoms with E-state index in [2.05, 4.69) is 4.98 Å². The van der Waals surface area contributed by atoms with Crippen LogP contribution in [0.3, 0.4) is 0 Å². The number of nitrogens with zero attached hydrogens (tertiary/aromatic N) is 2. The molecule has 2 heterocycles. The highest BCUT2D eigenvalue weighted by Gasteiger charge is 2.19. The molecule has 0 aliphatic carbocycles. The first kappa shape index (κ1) is 14.5. The zero-order valence-corrected chi connectivity index (χ0v) is 13.0. The number of thiazole rings is 1. The minimum absolute atomic E-state index is 0.208. The van der Waals surface area contributed by atoms with E-state index >= 15 is 0 Å². The monoisotopic (exact) mass is 314 g/mol. The molecule has 0 aliphatic heterocycles. The van der Waals surface area contributed by atoms with Crippen molar-refractivity contribution in [1.29, 1.82) is 0 Å². The Morgan fingerprint density at radius 3 is 2.73 bits per heavy atom. The number of esters is 1. The van der Waals surface area contributed by atoms with Crippen LogP contribution in [0.5, 0.6) is 0 Å². The standard InChI is InChI=1S/C16H14N2O3S/c1-3-21-15(20)12-9-13(19)17-16-18(12)14(10(2)22-16)11-7-5-4-6-8-11/h4-9H,3H2,1-2H3. The van der Waals surface area contributed by atoms with Crippen LogP contribution in [-0.4, -0.2) is 22.0 Å². The number of hydrogen-bond acceptors (Lipinski definition) is 5. The normalized spacial score (nSPS) is 10.8. The predicted molar refractivity (Wildman–Crippen MR) is 85.5 cm³/mol. The van der Waals surface area contributed by atoms with Gasteiger partial charge in [0, 0.05) is 10.9 Å². The van der Waals surface area contributed by atoms with Crippen LogP contribution in [0, 0.1) is 6.92 Å². The molecule has 0 radical (unpaired) electrons. The number of fused-ring (bicyclic) bond motifs is 1. The molecule has 22 heavy (non-hydrogen) atoms. The molecule has 3 aromatic rings. The highest BCUT2D eigenvalue weighted by atomic mass is 32.1. The van der Waals surface area contributed by atoms with Crippen LogP contribution in [0.15, 0.2) is 41.2 Å². The van der Waals surface area contributed by atoms with Gasteiger partial charge in [0.15, 0.2) is 4.96 Å². The molecule has 6 heteroatoms. The summed E-state index contributed by atoms with van der Waals surface area (Å²) in [5, 5.41) is 0. The third-order valence-corrected chi connectivity index (χ3v) is 4.19. The van der Waals surface area contributed by atoms with E-state index in [1.54, 1.807) is 11.3 Å². The summed E-state index contributed by atoms with van der Waals surface area (Å²) < 4.78 is 6.77. The van der Waals surface area contributed by atoms with E-state index in [0.717, 1.165) is 16.1 Å². The molecule has 0 aliphatic rings. The third kappa shape index (κ3) is 2.42. The Labute approximate surface area is 130 Å². The van der Waals surface area contributed by atoms with Gasteiger partial charge in [-0.3, -0.25) is 9.20 Å². The fourth-order valence-electron chi connectivity index (χ4n) is 2.37. The number of aryl methyl sites for hydroxylation is 1. The van der Waals surface area contributed by atoms with Gasteiger partial charge in [-0.1, -0.05) is 30.3 Å². The Balaban J connectivity index is 2.36. The fraction of sp³-hybridized carbons (Fsp3) is 0.188. The highest BCUT2D eigenvalue weighted by Crippen LogP contribution is 2.31.